The van der Waals surface area contributed by atoms with Gasteiger partial charge in [-0.15, -0.1) is 0 Å². The first-order valence-corrected chi connectivity index (χ1v) is 12.6. The van der Waals surface area contributed by atoms with Crippen molar-refractivity contribution in [3.8, 4) is 22.8 Å². The number of nitrogens with zero attached hydrogens (tertiary/aromatic N) is 1. The van der Waals surface area contributed by atoms with Gasteiger partial charge < -0.3 is 30.6 Å². The van der Waals surface area contributed by atoms with Crippen molar-refractivity contribution in [3.63, 3.8) is 0 Å². The number of phenols is 1. The Bertz CT molecular complexity index is 1410. The van der Waals surface area contributed by atoms with Crippen LogP contribution >= 0.6 is 0 Å². The largest absolute Gasteiger partial charge is 0.507 e. The number of carbonyl (C=O) groups excluding carboxylic acids is 1. The maximum Gasteiger partial charge on any atom is 0.325 e. The lowest BCUT2D eigenvalue weighted by molar-refractivity contribution is -0.138. The Balaban J connectivity index is 1.64. The molecule has 2 fully saturated rings. The van der Waals surface area contributed by atoms with E-state index >= 15 is 0 Å². The molecule has 1 amide bonds. The number of aromatic amines is 1. The first kappa shape index (κ1) is 24.8. The monoisotopic (exact) mass is 506 g/mol. The zero-order valence-electron chi connectivity index (χ0n) is 20.5. The van der Waals surface area contributed by atoms with Crippen LogP contribution in [0.25, 0.3) is 22.3 Å². The normalized spacial score (nSPS) is 18.4. The number of aromatic nitrogens is 2. The molecule has 2 aromatic heterocycles. The second-order valence-corrected chi connectivity index (χ2v) is 9.85. The van der Waals surface area contributed by atoms with Crippen LogP contribution in [0.5, 0.6) is 11.5 Å². The lowest BCUT2D eigenvalue weighted by Gasteiger charge is -2.25. The van der Waals surface area contributed by atoms with E-state index in [2.05, 4.69) is 20.6 Å². The number of piperidine rings is 1. The van der Waals surface area contributed by atoms with Gasteiger partial charge in [-0.3, -0.25) is 14.4 Å². The fraction of sp³-hybridized carbons (Fsp3) is 0.407. The van der Waals surface area contributed by atoms with Gasteiger partial charge in [0.15, 0.2) is 0 Å². The molecular weight excluding hydrogens is 476 g/mol. The predicted molar refractivity (Wildman–Crippen MR) is 137 cm³/mol. The Morgan fingerprint density at radius 2 is 2.05 bits per heavy atom. The zero-order chi connectivity index (χ0) is 26.1. The zero-order valence-corrected chi connectivity index (χ0v) is 20.5. The summed E-state index contributed by atoms with van der Waals surface area (Å²) in [7, 11) is 0. The van der Waals surface area contributed by atoms with E-state index in [1.54, 1.807) is 18.2 Å². The predicted octanol–water partition coefficient (Wildman–Crippen LogP) is 2.75. The van der Waals surface area contributed by atoms with Crippen molar-refractivity contribution in [1.82, 2.24) is 20.6 Å². The average Bonchev–Trinajstić information content (AvgIpc) is 3.71. The fourth-order valence-corrected chi connectivity index (χ4v) is 4.68. The SMILES string of the molecule is C[C@H](NC(=O)c1cc2c(C3CCCNC3)cc(-c3c(O)cccc3OCC3CC3)nc2[nH]c1=O)C(=O)O. The first-order chi connectivity index (χ1) is 17.8. The van der Waals surface area contributed by atoms with Crippen molar-refractivity contribution in [2.45, 2.75) is 44.6 Å². The summed E-state index contributed by atoms with van der Waals surface area (Å²) < 4.78 is 6.04. The van der Waals surface area contributed by atoms with Gasteiger partial charge in [-0.2, -0.15) is 0 Å². The summed E-state index contributed by atoms with van der Waals surface area (Å²) in [4.78, 5) is 44.2. The van der Waals surface area contributed by atoms with Crippen LogP contribution in [0.3, 0.4) is 0 Å². The van der Waals surface area contributed by atoms with E-state index in [1.165, 1.54) is 13.0 Å². The van der Waals surface area contributed by atoms with Crippen LogP contribution in [0, 0.1) is 5.92 Å². The molecular formula is C27H30N4O6. The van der Waals surface area contributed by atoms with Crippen LogP contribution in [0.1, 0.15) is 54.4 Å². The number of phenolic OH excluding ortho intramolecular Hbond substituents is 1. The summed E-state index contributed by atoms with van der Waals surface area (Å²) in [5, 5.41) is 26.3. The van der Waals surface area contributed by atoms with Crippen molar-refractivity contribution in [2.24, 2.45) is 5.92 Å². The van der Waals surface area contributed by atoms with Gasteiger partial charge >= 0.3 is 5.97 Å². The third-order valence-corrected chi connectivity index (χ3v) is 6.99. The van der Waals surface area contributed by atoms with Crippen LogP contribution in [0.4, 0.5) is 0 Å². The molecule has 2 aliphatic rings. The number of H-pyrrole nitrogens is 1. The number of carboxylic acid groups (broad SMARTS) is 1. The molecule has 5 rings (SSSR count). The fourth-order valence-electron chi connectivity index (χ4n) is 4.68. The molecule has 10 heteroatoms. The van der Waals surface area contributed by atoms with Crippen molar-refractivity contribution in [2.75, 3.05) is 19.7 Å². The smallest absolute Gasteiger partial charge is 0.325 e. The highest BCUT2D eigenvalue weighted by Crippen LogP contribution is 2.41. The number of fused-ring (bicyclic) bond motifs is 1. The number of aromatic hydroxyl groups is 1. The molecule has 10 nitrogen and oxygen atoms in total. The molecule has 1 saturated carbocycles. The highest BCUT2D eigenvalue weighted by atomic mass is 16.5. The summed E-state index contributed by atoms with van der Waals surface area (Å²) in [6, 6.07) is 7.31. The van der Waals surface area contributed by atoms with Gasteiger partial charge in [-0.25, -0.2) is 4.98 Å². The minimum atomic E-state index is -1.20. The van der Waals surface area contributed by atoms with Gasteiger partial charge in [0.2, 0.25) is 0 Å². The van der Waals surface area contributed by atoms with Crippen molar-refractivity contribution >= 4 is 22.9 Å². The number of benzene rings is 1. The second-order valence-electron chi connectivity index (χ2n) is 9.85. The third-order valence-electron chi connectivity index (χ3n) is 6.99. The third kappa shape index (κ3) is 5.29. The number of rotatable bonds is 8. The summed E-state index contributed by atoms with van der Waals surface area (Å²) in [5.41, 5.74) is 1.21. The first-order valence-electron chi connectivity index (χ1n) is 12.6. The molecule has 194 valence electrons. The van der Waals surface area contributed by atoms with Crippen LogP contribution in [-0.4, -0.2) is 57.8 Å². The van der Waals surface area contributed by atoms with E-state index in [9.17, 15) is 19.5 Å². The number of ether oxygens (including phenoxy) is 1. The molecule has 3 heterocycles. The number of hydrogen-bond acceptors (Lipinski definition) is 7. The second kappa shape index (κ2) is 10.2. The quantitative estimate of drug-likeness (QED) is 0.313. The van der Waals surface area contributed by atoms with Gasteiger partial charge in [-0.05, 0) is 80.8 Å². The van der Waals surface area contributed by atoms with Gasteiger partial charge in [0.1, 0.15) is 28.8 Å². The molecule has 0 radical (unpaired) electrons. The topological polar surface area (TPSA) is 154 Å². The minimum absolute atomic E-state index is 0.0221. The number of carbonyl (C=O) groups is 2. The van der Waals surface area contributed by atoms with Gasteiger partial charge in [0.05, 0.1) is 17.9 Å². The molecule has 2 atom stereocenters. The van der Waals surface area contributed by atoms with Crippen molar-refractivity contribution in [1.29, 1.82) is 0 Å². The molecule has 0 bridgehead atoms. The number of aliphatic carboxylic acids is 1. The molecule has 1 saturated heterocycles. The van der Waals surface area contributed by atoms with E-state index in [0.29, 0.717) is 41.5 Å². The Kier molecular flexibility index (Phi) is 6.84. The molecule has 1 aromatic carbocycles. The molecule has 1 aliphatic carbocycles. The van der Waals surface area contributed by atoms with Crippen molar-refractivity contribution < 1.29 is 24.5 Å². The Morgan fingerprint density at radius 3 is 2.76 bits per heavy atom. The Labute approximate surface area is 213 Å². The average molecular weight is 507 g/mol. The number of carboxylic acids is 1. The van der Waals surface area contributed by atoms with E-state index < -0.39 is 23.5 Å². The number of nitrogens with one attached hydrogen (secondary N) is 3. The van der Waals surface area contributed by atoms with Gasteiger partial charge in [0, 0.05) is 11.9 Å². The van der Waals surface area contributed by atoms with Crippen LogP contribution in [0.15, 0.2) is 35.1 Å². The Morgan fingerprint density at radius 1 is 1.24 bits per heavy atom. The summed E-state index contributed by atoms with van der Waals surface area (Å²) in [5.74, 6) is -0.825. The summed E-state index contributed by atoms with van der Waals surface area (Å²) >= 11 is 0. The number of amides is 1. The highest BCUT2D eigenvalue weighted by Gasteiger charge is 2.26. The molecule has 1 aliphatic heterocycles. The highest BCUT2D eigenvalue weighted by molar-refractivity contribution is 5.99. The molecule has 5 N–H and O–H groups in total. The summed E-state index contributed by atoms with van der Waals surface area (Å²) in [6.45, 7) is 3.51. The Hall–Kier alpha value is -3.92. The lowest BCUT2D eigenvalue weighted by atomic mass is 9.88. The van der Waals surface area contributed by atoms with Gasteiger partial charge in [-0.1, -0.05) is 6.07 Å². The van der Waals surface area contributed by atoms with Crippen LogP contribution in [-0.2, 0) is 4.79 Å². The van der Waals surface area contributed by atoms with Crippen LogP contribution < -0.4 is 20.9 Å². The summed E-state index contributed by atoms with van der Waals surface area (Å²) in [6.07, 6.45) is 4.12. The standard InChI is InChI=1S/C27H30N4O6/c1-14(27(35)36)29-25(33)19-10-18-17(16-4-3-9-28-12-16)11-20(30-24(18)31-26(19)34)23-21(32)5-2-6-22(23)37-13-15-7-8-15/h2,5-6,10-11,14-16,28,32H,3-4,7-9,12-13H2,1H3,(H,29,33)(H,35,36)(H,30,31,34)/t14-,16?/m0/s1. The van der Waals surface area contributed by atoms with E-state index in [-0.39, 0.29) is 22.9 Å². The van der Waals surface area contributed by atoms with Crippen molar-refractivity contribution in [3.05, 3.63) is 51.8 Å². The minimum Gasteiger partial charge on any atom is -0.507 e. The van der Waals surface area contributed by atoms with E-state index in [1.807, 2.05) is 6.07 Å². The van der Waals surface area contributed by atoms with Crippen LogP contribution in [0.2, 0.25) is 0 Å². The molecule has 37 heavy (non-hydrogen) atoms. The molecule has 3 aromatic rings. The maximum absolute atomic E-state index is 12.9. The maximum atomic E-state index is 12.9. The number of hydrogen-bond donors (Lipinski definition) is 5. The van der Waals surface area contributed by atoms with E-state index in [4.69, 9.17) is 9.84 Å². The number of pyridine rings is 2. The molecule has 1 unspecified atom stereocenters. The van der Waals surface area contributed by atoms with E-state index in [0.717, 1.165) is 37.8 Å². The lowest BCUT2D eigenvalue weighted by Crippen LogP contribution is -2.40. The van der Waals surface area contributed by atoms with Gasteiger partial charge in [0.25, 0.3) is 11.5 Å². The molecule has 0 spiro atoms.